The zero-order valence-corrected chi connectivity index (χ0v) is 23.4. The third-order valence-electron chi connectivity index (χ3n) is 8.20. The van der Waals surface area contributed by atoms with Crippen molar-refractivity contribution in [3.8, 4) is 0 Å². The highest BCUT2D eigenvalue weighted by molar-refractivity contribution is 5.90. The standard InChI is InChI=1S/C30H37FN6O3/c1-20(2)37-26(38)10-7-24-19-32-29(34-27(24)37)33-22(4)23-5-8-25(9-6-23)30(11-17-40-18-12-30)36-15-13-35(14-16-36)28(39)21(3)31/h5-10,19-20,22H,3,11-18H2,1-2,4H3,(H,32,33,34)/t22-/m0/s1. The number of pyridine rings is 1. The highest BCUT2D eigenvalue weighted by Crippen LogP contribution is 2.39. The lowest BCUT2D eigenvalue weighted by atomic mass is 9.80. The lowest BCUT2D eigenvalue weighted by molar-refractivity contribution is -0.132. The molecule has 40 heavy (non-hydrogen) atoms. The van der Waals surface area contributed by atoms with Crippen molar-refractivity contribution in [3.05, 3.63) is 76.5 Å². The first-order valence-electron chi connectivity index (χ1n) is 13.9. The number of hydrogen-bond donors (Lipinski definition) is 1. The van der Waals surface area contributed by atoms with Gasteiger partial charge in [0.1, 0.15) is 5.65 Å². The number of hydrogen-bond acceptors (Lipinski definition) is 7. The Kier molecular flexibility index (Phi) is 8.00. The van der Waals surface area contributed by atoms with Gasteiger partial charge in [-0.05, 0) is 50.8 Å². The molecule has 5 rings (SSSR count). The predicted octanol–water partition coefficient (Wildman–Crippen LogP) is 4.18. The van der Waals surface area contributed by atoms with Crippen LogP contribution in [0.3, 0.4) is 0 Å². The third kappa shape index (κ3) is 5.38. The minimum Gasteiger partial charge on any atom is -0.381 e. The normalized spacial score (nSPS) is 18.6. The molecule has 2 aliphatic heterocycles. The Labute approximate surface area is 233 Å². The number of benzene rings is 1. The van der Waals surface area contributed by atoms with Gasteiger partial charge in [0, 0.05) is 63.1 Å². The number of carbonyl (C=O) groups excluding carboxylic acids is 1. The van der Waals surface area contributed by atoms with Gasteiger partial charge in [-0.1, -0.05) is 30.8 Å². The van der Waals surface area contributed by atoms with E-state index in [1.54, 1.807) is 22.9 Å². The van der Waals surface area contributed by atoms with Crippen molar-refractivity contribution in [3.63, 3.8) is 0 Å². The van der Waals surface area contributed by atoms with E-state index >= 15 is 0 Å². The van der Waals surface area contributed by atoms with Crippen molar-refractivity contribution < 1.29 is 13.9 Å². The first-order chi connectivity index (χ1) is 19.2. The van der Waals surface area contributed by atoms with Crippen LogP contribution in [0.1, 0.15) is 56.8 Å². The Morgan fingerprint density at radius 2 is 1.73 bits per heavy atom. The lowest BCUT2D eigenvalue weighted by Crippen LogP contribution is -2.58. The number of nitrogens with one attached hydrogen (secondary N) is 1. The fourth-order valence-electron chi connectivity index (χ4n) is 5.97. The van der Waals surface area contributed by atoms with E-state index < -0.39 is 11.7 Å². The number of ether oxygens (including phenoxy) is 1. The minimum absolute atomic E-state index is 0.0203. The number of halogens is 1. The Balaban J connectivity index is 1.34. The molecule has 0 saturated carbocycles. The van der Waals surface area contributed by atoms with E-state index in [-0.39, 0.29) is 23.2 Å². The van der Waals surface area contributed by atoms with E-state index in [9.17, 15) is 14.0 Å². The van der Waals surface area contributed by atoms with E-state index in [1.165, 1.54) is 10.5 Å². The van der Waals surface area contributed by atoms with Crippen LogP contribution in [0.5, 0.6) is 0 Å². The summed E-state index contributed by atoms with van der Waals surface area (Å²) in [5, 5.41) is 4.21. The molecule has 212 valence electrons. The molecule has 1 amide bonds. The molecule has 0 radical (unpaired) electrons. The number of anilines is 1. The number of amides is 1. The van der Waals surface area contributed by atoms with Crippen LogP contribution in [-0.2, 0) is 15.1 Å². The zero-order chi connectivity index (χ0) is 28.4. The summed E-state index contributed by atoms with van der Waals surface area (Å²) in [6.45, 7) is 12.8. The summed E-state index contributed by atoms with van der Waals surface area (Å²) in [5.41, 5.74) is 2.63. The quantitative estimate of drug-likeness (QED) is 0.443. The number of rotatable bonds is 7. The van der Waals surface area contributed by atoms with Crippen molar-refractivity contribution in [2.45, 2.75) is 51.2 Å². The number of aromatic nitrogens is 3. The molecular weight excluding hydrogens is 511 g/mol. The molecule has 1 aromatic carbocycles. The van der Waals surface area contributed by atoms with Crippen LogP contribution in [0.25, 0.3) is 11.0 Å². The largest absolute Gasteiger partial charge is 0.381 e. The smallest absolute Gasteiger partial charge is 0.282 e. The van der Waals surface area contributed by atoms with Crippen LogP contribution in [0.2, 0.25) is 0 Å². The summed E-state index contributed by atoms with van der Waals surface area (Å²) in [6, 6.07) is 11.8. The molecule has 1 atom stereocenters. The van der Waals surface area contributed by atoms with Crippen LogP contribution in [0.4, 0.5) is 10.3 Å². The number of nitrogens with zero attached hydrogens (tertiary/aromatic N) is 5. The van der Waals surface area contributed by atoms with Gasteiger partial charge in [0.05, 0.1) is 11.6 Å². The molecule has 1 N–H and O–H groups in total. The number of fused-ring (bicyclic) bond motifs is 1. The summed E-state index contributed by atoms with van der Waals surface area (Å²) < 4.78 is 20.8. The topological polar surface area (TPSA) is 92.6 Å². The molecule has 10 heteroatoms. The average molecular weight is 549 g/mol. The molecule has 2 aromatic heterocycles. The fourth-order valence-corrected chi connectivity index (χ4v) is 5.97. The first-order valence-corrected chi connectivity index (χ1v) is 13.9. The van der Waals surface area contributed by atoms with Gasteiger partial charge in [0.25, 0.3) is 11.5 Å². The van der Waals surface area contributed by atoms with Gasteiger partial charge in [-0.15, -0.1) is 0 Å². The Morgan fingerprint density at radius 3 is 2.35 bits per heavy atom. The van der Waals surface area contributed by atoms with Crippen molar-refractivity contribution in [2.75, 3.05) is 44.7 Å². The molecule has 2 aliphatic rings. The van der Waals surface area contributed by atoms with Gasteiger partial charge in [-0.25, -0.2) is 9.37 Å². The number of piperazine rings is 1. The molecule has 4 heterocycles. The molecule has 9 nitrogen and oxygen atoms in total. The predicted molar refractivity (Wildman–Crippen MR) is 153 cm³/mol. The van der Waals surface area contributed by atoms with E-state index in [1.807, 2.05) is 13.8 Å². The molecule has 2 saturated heterocycles. The molecule has 0 unspecified atom stereocenters. The maximum Gasteiger partial charge on any atom is 0.282 e. The molecule has 3 aromatic rings. The van der Waals surface area contributed by atoms with E-state index in [4.69, 9.17) is 4.74 Å². The molecule has 0 bridgehead atoms. The Bertz CT molecular complexity index is 1440. The van der Waals surface area contributed by atoms with Crippen LogP contribution in [0.15, 0.2) is 59.8 Å². The van der Waals surface area contributed by atoms with Gasteiger partial charge >= 0.3 is 0 Å². The summed E-state index contributed by atoms with van der Waals surface area (Å²) in [7, 11) is 0. The minimum atomic E-state index is -0.907. The number of carbonyl (C=O) groups is 1. The van der Waals surface area contributed by atoms with Crippen molar-refractivity contribution in [2.24, 2.45) is 0 Å². The molecular formula is C30H37FN6O3. The van der Waals surface area contributed by atoms with E-state index in [2.05, 4.69) is 58.0 Å². The maximum atomic E-state index is 13.4. The maximum absolute atomic E-state index is 13.4. The fraction of sp³-hybridized carbons (Fsp3) is 0.467. The van der Waals surface area contributed by atoms with Crippen LogP contribution in [0, 0.1) is 0 Å². The first kappa shape index (κ1) is 27.9. The van der Waals surface area contributed by atoms with Crippen molar-refractivity contribution in [1.82, 2.24) is 24.3 Å². The van der Waals surface area contributed by atoms with E-state index in [0.717, 1.165) is 23.8 Å². The van der Waals surface area contributed by atoms with Gasteiger partial charge in [-0.3, -0.25) is 19.1 Å². The van der Waals surface area contributed by atoms with Crippen molar-refractivity contribution >= 4 is 22.9 Å². The SMILES string of the molecule is C=C(F)C(=O)N1CCN(C2(c3ccc([C@H](C)Nc4ncc5ccc(=O)n(C(C)C)c5n4)cc3)CCOCC2)CC1. The summed E-state index contributed by atoms with van der Waals surface area (Å²) in [5.74, 6) is -1.06. The highest BCUT2D eigenvalue weighted by Gasteiger charge is 2.41. The molecule has 0 aliphatic carbocycles. The van der Waals surface area contributed by atoms with E-state index in [0.29, 0.717) is 51.0 Å². The Morgan fingerprint density at radius 1 is 1.05 bits per heavy atom. The Hall–Kier alpha value is -3.63. The van der Waals surface area contributed by atoms with Crippen LogP contribution in [-0.4, -0.2) is 69.6 Å². The van der Waals surface area contributed by atoms with Gasteiger partial charge < -0.3 is 15.0 Å². The van der Waals surface area contributed by atoms with Crippen molar-refractivity contribution in [1.29, 1.82) is 0 Å². The van der Waals surface area contributed by atoms with Gasteiger partial charge in [0.15, 0.2) is 5.83 Å². The zero-order valence-electron chi connectivity index (χ0n) is 23.4. The van der Waals surface area contributed by atoms with Crippen LogP contribution >= 0.6 is 0 Å². The van der Waals surface area contributed by atoms with Gasteiger partial charge in [-0.2, -0.15) is 4.98 Å². The monoisotopic (exact) mass is 548 g/mol. The third-order valence-corrected chi connectivity index (χ3v) is 8.20. The molecule has 0 spiro atoms. The highest BCUT2D eigenvalue weighted by atomic mass is 19.1. The second kappa shape index (κ2) is 11.5. The lowest BCUT2D eigenvalue weighted by Gasteiger charge is -2.50. The summed E-state index contributed by atoms with van der Waals surface area (Å²) >= 11 is 0. The molecule has 2 fully saturated rings. The van der Waals surface area contributed by atoms with Gasteiger partial charge in [0.2, 0.25) is 5.95 Å². The summed E-state index contributed by atoms with van der Waals surface area (Å²) in [4.78, 5) is 37.6. The second-order valence-electron chi connectivity index (χ2n) is 10.9. The second-order valence-corrected chi connectivity index (χ2v) is 10.9. The summed E-state index contributed by atoms with van der Waals surface area (Å²) in [6.07, 6.45) is 3.45. The van der Waals surface area contributed by atoms with Crippen LogP contribution < -0.4 is 10.9 Å². The average Bonchev–Trinajstić information content (AvgIpc) is 2.97.